The van der Waals surface area contributed by atoms with Crippen LogP contribution in [0.2, 0.25) is 0 Å². The van der Waals surface area contributed by atoms with Gasteiger partial charge in [0, 0.05) is 22.7 Å². The van der Waals surface area contributed by atoms with Gasteiger partial charge in [-0.1, -0.05) is 38.1 Å². The fraction of sp³-hybridized carbons (Fsp3) is 0.211. The maximum atomic E-state index is 12.4. The molecule has 1 aromatic heterocycles. The minimum atomic E-state index is -0.582. The van der Waals surface area contributed by atoms with Crippen molar-refractivity contribution in [1.82, 2.24) is 10.1 Å². The molecular formula is C19H18N4O4. The zero-order chi connectivity index (χ0) is 19.6. The zero-order valence-electron chi connectivity index (χ0n) is 15.1. The van der Waals surface area contributed by atoms with Crippen molar-refractivity contribution in [2.24, 2.45) is 0 Å². The van der Waals surface area contributed by atoms with E-state index in [0.717, 1.165) is 5.56 Å². The summed E-state index contributed by atoms with van der Waals surface area (Å²) < 4.78 is 5.28. The molecule has 2 aromatic carbocycles. The molecule has 3 rings (SSSR count). The van der Waals surface area contributed by atoms with Gasteiger partial charge in [-0.05, 0) is 30.3 Å². The molecule has 1 N–H and O–H groups in total. The molecule has 27 heavy (non-hydrogen) atoms. The average Bonchev–Trinajstić information content (AvgIpc) is 3.13. The minimum absolute atomic E-state index is 0.000404. The van der Waals surface area contributed by atoms with E-state index in [9.17, 15) is 14.9 Å². The molecule has 0 aliphatic heterocycles. The van der Waals surface area contributed by atoms with Crippen molar-refractivity contribution in [3.05, 3.63) is 70.1 Å². The highest BCUT2D eigenvalue weighted by Crippen LogP contribution is 2.25. The molecule has 0 fully saturated rings. The van der Waals surface area contributed by atoms with Crippen LogP contribution in [0.1, 0.15) is 37.0 Å². The Morgan fingerprint density at radius 2 is 1.78 bits per heavy atom. The largest absolute Gasteiger partial charge is 0.338 e. The number of carbonyl (C=O) groups is 1. The minimum Gasteiger partial charge on any atom is -0.338 e. The number of benzene rings is 2. The molecule has 0 saturated heterocycles. The number of rotatable bonds is 4. The van der Waals surface area contributed by atoms with Crippen molar-refractivity contribution in [1.29, 1.82) is 0 Å². The molecule has 138 valence electrons. The predicted octanol–water partition coefficient (Wildman–Crippen LogP) is 4.19. The van der Waals surface area contributed by atoms with Crippen molar-refractivity contribution in [2.45, 2.75) is 26.2 Å². The van der Waals surface area contributed by atoms with Gasteiger partial charge >= 0.3 is 0 Å². The quantitative estimate of drug-likeness (QED) is 0.547. The Morgan fingerprint density at radius 3 is 2.37 bits per heavy atom. The summed E-state index contributed by atoms with van der Waals surface area (Å²) in [5.41, 5.74) is 0.746. The predicted molar refractivity (Wildman–Crippen MR) is 99.5 cm³/mol. The van der Waals surface area contributed by atoms with Crippen LogP contribution < -0.4 is 5.32 Å². The summed E-state index contributed by atoms with van der Waals surface area (Å²) in [4.78, 5) is 27.2. The molecule has 3 aromatic rings. The molecule has 1 amide bonds. The average molecular weight is 366 g/mol. The smallest absolute Gasteiger partial charge is 0.282 e. The number of hydrogen-bond donors (Lipinski definition) is 1. The number of carbonyl (C=O) groups excluding carboxylic acids is 1. The monoisotopic (exact) mass is 366 g/mol. The topological polar surface area (TPSA) is 111 Å². The normalized spacial score (nSPS) is 11.2. The lowest BCUT2D eigenvalue weighted by Crippen LogP contribution is -2.13. The fourth-order valence-corrected chi connectivity index (χ4v) is 2.37. The van der Waals surface area contributed by atoms with Gasteiger partial charge in [0.1, 0.15) is 5.56 Å². The Balaban J connectivity index is 1.78. The van der Waals surface area contributed by atoms with Gasteiger partial charge < -0.3 is 9.84 Å². The highest BCUT2D eigenvalue weighted by molar-refractivity contribution is 6.07. The molecule has 0 aliphatic rings. The number of aromatic nitrogens is 2. The summed E-state index contributed by atoms with van der Waals surface area (Å²) in [5, 5.41) is 17.7. The molecule has 0 bridgehead atoms. The molecule has 0 radical (unpaired) electrons. The second-order valence-electron chi connectivity index (χ2n) is 6.98. The lowest BCUT2D eigenvalue weighted by Gasteiger charge is -2.10. The molecule has 0 unspecified atom stereocenters. The van der Waals surface area contributed by atoms with Crippen molar-refractivity contribution < 1.29 is 14.2 Å². The standard InChI is InChI=1S/C19H18N4O4/c1-19(2,3)18-21-16(22-27-18)12-8-10-13(11-9-12)20-17(24)14-6-4-5-7-15(14)23(25)26/h4-11H,1-3H3,(H,20,24). The van der Waals surface area contributed by atoms with Crippen molar-refractivity contribution in [3.63, 3.8) is 0 Å². The number of amides is 1. The summed E-state index contributed by atoms with van der Waals surface area (Å²) >= 11 is 0. The first kappa shape index (κ1) is 18.2. The van der Waals surface area contributed by atoms with Crippen molar-refractivity contribution >= 4 is 17.3 Å². The summed E-state index contributed by atoms with van der Waals surface area (Å²) in [6.07, 6.45) is 0. The van der Waals surface area contributed by atoms with Gasteiger partial charge in [0.25, 0.3) is 11.6 Å². The first-order valence-electron chi connectivity index (χ1n) is 8.25. The van der Waals surface area contributed by atoms with E-state index in [1.165, 1.54) is 18.2 Å². The number of hydrogen-bond acceptors (Lipinski definition) is 6. The van der Waals surface area contributed by atoms with Crippen LogP contribution in [-0.2, 0) is 5.41 Å². The summed E-state index contributed by atoms with van der Waals surface area (Å²) in [6.45, 7) is 5.93. The van der Waals surface area contributed by atoms with Crippen LogP contribution in [0.3, 0.4) is 0 Å². The summed E-state index contributed by atoms with van der Waals surface area (Å²) in [7, 11) is 0. The van der Waals surface area contributed by atoms with Crippen molar-refractivity contribution in [3.8, 4) is 11.4 Å². The van der Waals surface area contributed by atoms with Gasteiger partial charge in [0.15, 0.2) is 0 Å². The van der Waals surface area contributed by atoms with Gasteiger partial charge in [0.2, 0.25) is 11.7 Å². The molecule has 0 atom stereocenters. The highest BCUT2D eigenvalue weighted by Gasteiger charge is 2.22. The van der Waals surface area contributed by atoms with Crippen LogP contribution >= 0.6 is 0 Å². The molecule has 0 saturated carbocycles. The molecule has 0 aliphatic carbocycles. The van der Waals surface area contributed by atoms with Gasteiger partial charge in [-0.3, -0.25) is 14.9 Å². The Bertz CT molecular complexity index is 987. The van der Waals surface area contributed by atoms with E-state index in [1.54, 1.807) is 30.3 Å². The number of para-hydroxylation sites is 1. The molecule has 8 nitrogen and oxygen atoms in total. The van der Waals surface area contributed by atoms with Crippen LogP contribution in [0, 0.1) is 10.1 Å². The lowest BCUT2D eigenvalue weighted by molar-refractivity contribution is -0.385. The highest BCUT2D eigenvalue weighted by atomic mass is 16.6. The maximum absolute atomic E-state index is 12.4. The van der Waals surface area contributed by atoms with E-state index in [2.05, 4.69) is 15.5 Å². The summed E-state index contributed by atoms with van der Waals surface area (Å²) in [6, 6.07) is 12.6. The summed E-state index contributed by atoms with van der Waals surface area (Å²) in [5.74, 6) is 0.437. The molecule has 8 heteroatoms. The first-order valence-corrected chi connectivity index (χ1v) is 8.25. The van der Waals surface area contributed by atoms with E-state index in [1.807, 2.05) is 20.8 Å². The van der Waals surface area contributed by atoms with E-state index >= 15 is 0 Å². The maximum Gasteiger partial charge on any atom is 0.282 e. The van der Waals surface area contributed by atoms with Crippen LogP contribution in [0.5, 0.6) is 0 Å². The van der Waals surface area contributed by atoms with Crippen LogP contribution in [0.25, 0.3) is 11.4 Å². The molecule has 1 heterocycles. The van der Waals surface area contributed by atoms with Crippen LogP contribution in [0.4, 0.5) is 11.4 Å². The number of anilines is 1. The number of nitrogens with zero attached hydrogens (tertiary/aromatic N) is 3. The molecular weight excluding hydrogens is 348 g/mol. The zero-order valence-corrected chi connectivity index (χ0v) is 15.1. The Labute approximate surface area is 155 Å². The number of nitrogens with one attached hydrogen (secondary N) is 1. The lowest BCUT2D eigenvalue weighted by atomic mass is 9.97. The van der Waals surface area contributed by atoms with Gasteiger partial charge in [-0.25, -0.2) is 0 Å². The van der Waals surface area contributed by atoms with Crippen LogP contribution in [-0.4, -0.2) is 21.0 Å². The first-order chi connectivity index (χ1) is 12.8. The van der Waals surface area contributed by atoms with E-state index in [-0.39, 0.29) is 16.7 Å². The Kier molecular flexibility index (Phi) is 4.72. The van der Waals surface area contributed by atoms with E-state index in [4.69, 9.17) is 4.52 Å². The second-order valence-corrected chi connectivity index (χ2v) is 6.98. The SMILES string of the molecule is CC(C)(C)c1nc(-c2ccc(NC(=O)c3ccccc3[N+](=O)[O-])cc2)no1. The van der Waals surface area contributed by atoms with E-state index in [0.29, 0.717) is 17.4 Å². The fourth-order valence-electron chi connectivity index (χ4n) is 2.37. The van der Waals surface area contributed by atoms with Crippen molar-refractivity contribution in [2.75, 3.05) is 5.32 Å². The third kappa shape index (κ3) is 4.00. The Morgan fingerprint density at radius 1 is 1.11 bits per heavy atom. The number of nitro benzene ring substituents is 1. The van der Waals surface area contributed by atoms with E-state index < -0.39 is 10.8 Å². The third-order valence-electron chi connectivity index (χ3n) is 3.81. The van der Waals surface area contributed by atoms with Gasteiger partial charge in [-0.2, -0.15) is 4.98 Å². The second kappa shape index (κ2) is 6.99. The third-order valence-corrected chi connectivity index (χ3v) is 3.81. The van der Waals surface area contributed by atoms with Gasteiger partial charge in [-0.15, -0.1) is 0 Å². The Hall–Kier alpha value is -3.55. The van der Waals surface area contributed by atoms with Gasteiger partial charge in [0.05, 0.1) is 4.92 Å². The number of nitro groups is 1. The molecule has 0 spiro atoms. The van der Waals surface area contributed by atoms with Crippen LogP contribution in [0.15, 0.2) is 53.1 Å².